The molecule has 1 fully saturated rings. The van der Waals surface area contributed by atoms with Crippen molar-refractivity contribution < 1.29 is 4.74 Å². The van der Waals surface area contributed by atoms with Gasteiger partial charge in [-0.3, -0.25) is 4.31 Å². The van der Waals surface area contributed by atoms with Gasteiger partial charge in [-0.2, -0.15) is 10.2 Å². The highest BCUT2D eigenvalue weighted by atomic mass is 32.3. The van der Waals surface area contributed by atoms with Gasteiger partial charge in [-0.15, -0.1) is 0 Å². The average Bonchev–Trinajstić information content (AvgIpc) is 2.69. The molecule has 2 aromatic carbocycles. The van der Waals surface area contributed by atoms with Crippen LogP contribution < -0.4 is 0 Å². The van der Waals surface area contributed by atoms with Crippen molar-refractivity contribution in [3.8, 4) is 0 Å². The lowest BCUT2D eigenvalue weighted by Gasteiger charge is -2.45. The van der Waals surface area contributed by atoms with Gasteiger partial charge in [-0.05, 0) is 53.4 Å². The number of hydrogen-bond donors (Lipinski definition) is 0. The van der Waals surface area contributed by atoms with Crippen molar-refractivity contribution in [3.63, 3.8) is 0 Å². The molecular weight excluding hydrogens is 338 g/mol. The summed E-state index contributed by atoms with van der Waals surface area (Å²) in [6.45, 7) is 8.23. The summed E-state index contributed by atoms with van der Waals surface area (Å²) in [7, 11) is -0.672. The summed E-state index contributed by atoms with van der Waals surface area (Å²) in [6, 6.07) is 19.4. The van der Waals surface area contributed by atoms with Gasteiger partial charge in [0.25, 0.3) is 0 Å². The Morgan fingerprint density at radius 2 is 1.58 bits per heavy atom. The molecule has 0 amide bonds. The SMILES string of the molecule is C=C(c1ccccc1)c1ccc(CCCS(C)(C)N2CCOCC2)cc1. The predicted octanol–water partition coefficient (Wildman–Crippen LogP) is 4.99. The van der Waals surface area contributed by atoms with Gasteiger partial charge in [0.1, 0.15) is 0 Å². The molecule has 0 aliphatic carbocycles. The number of rotatable bonds is 7. The number of morpholine rings is 1. The maximum absolute atomic E-state index is 5.50. The number of ether oxygens (including phenoxy) is 1. The summed E-state index contributed by atoms with van der Waals surface area (Å²) >= 11 is 0. The van der Waals surface area contributed by atoms with E-state index in [-0.39, 0.29) is 0 Å². The number of hydrogen-bond acceptors (Lipinski definition) is 2. The minimum absolute atomic E-state index is 0.672. The fourth-order valence-corrected chi connectivity index (χ4v) is 5.72. The van der Waals surface area contributed by atoms with Crippen LogP contribution in [0.25, 0.3) is 5.57 Å². The quantitative estimate of drug-likeness (QED) is 0.681. The maximum atomic E-state index is 5.50. The van der Waals surface area contributed by atoms with Crippen LogP contribution in [-0.4, -0.2) is 48.9 Å². The van der Waals surface area contributed by atoms with Crippen molar-refractivity contribution >= 4 is 15.8 Å². The van der Waals surface area contributed by atoms with Crippen LogP contribution in [0.2, 0.25) is 0 Å². The third-order valence-electron chi connectivity index (χ3n) is 5.20. The molecule has 0 aromatic heterocycles. The predicted molar refractivity (Wildman–Crippen MR) is 116 cm³/mol. The fourth-order valence-electron chi connectivity index (χ4n) is 3.48. The minimum Gasteiger partial charge on any atom is -0.379 e. The molecule has 0 atom stereocenters. The Hall–Kier alpha value is -1.55. The Labute approximate surface area is 160 Å². The van der Waals surface area contributed by atoms with Crippen molar-refractivity contribution in [2.75, 3.05) is 44.6 Å². The van der Waals surface area contributed by atoms with E-state index in [1.807, 2.05) is 6.07 Å². The van der Waals surface area contributed by atoms with Gasteiger partial charge in [0.15, 0.2) is 0 Å². The van der Waals surface area contributed by atoms with Crippen LogP contribution in [-0.2, 0) is 11.2 Å². The van der Waals surface area contributed by atoms with Gasteiger partial charge in [0, 0.05) is 13.1 Å². The number of benzene rings is 2. The van der Waals surface area contributed by atoms with Crippen molar-refractivity contribution in [2.24, 2.45) is 0 Å². The molecular formula is C23H31NOS. The molecule has 1 aliphatic rings. The van der Waals surface area contributed by atoms with Crippen LogP contribution in [0.15, 0.2) is 61.2 Å². The van der Waals surface area contributed by atoms with Gasteiger partial charge in [-0.25, -0.2) is 0 Å². The third-order valence-corrected chi connectivity index (χ3v) is 8.25. The number of aryl methyl sites for hydroxylation is 1. The Morgan fingerprint density at radius 3 is 2.23 bits per heavy atom. The van der Waals surface area contributed by atoms with E-state index in [1.54, 1.807) is 0 Å². The van der Waals surface area contributed by atoms with E-state index in [0.29, 0.717) is 0 Å². The second-order valence-corrected chi connectivity index (χ2v) is 11.3. The van der Waals surface area contributed by atoms with Crippen LogP contribution in [0.3, 0.4) is 0 Å². The van der Waals surface area contributed by atoms with Crippen molar-refractivity contribution in [1.29, 1.82) is 0 Å². The molecule has 0 bridgehead atoms. The van der Waals surface area contributed by atoms with E-state index in [0.717, 1.165) is 38.3 Å². The Morgan fingerprint density at radius 1 is 0.962 bits per heavy atom. The maximum Gasteiger partial charge on any atom is 0.0602 e. The Kier molecular flexibility index (Phi) is 6.58. The van der Waals surface area contributed by atoms with Gasteiger partial charge in [0.2, 0.25) is 0 Å². The molecule has 2 aromatic rings. The molecule has 1 heterocycles. The number of nitrogens with zero attached hydrogens (tertiary/aromatic N) is 1. The topological polar surface area (TPSA) is 12.5 Å². The van der Waals surface area contributed by atoms with Crippen LogP contribution in [0.5, 0.6) is 0 Å². The first-order valence-electron chi connectivity index (χ1n) is 9.44. The molecule has 26 heavy (non-hydrogen) atoms. The van der Waals surface area contributed by atoms with Gasteiger partial charge in [0.05, 0.1) is 13.2 Å². The zero-order valence-corrected chi connectivity index (χ0v) is 16.9. The van der Waals surface area contributed by atoms with E-state index in [2.05, 4.69) is 71.9 Å². The minimum atomic E-state index is -0.672. The highest BCUT2D eigenvalue weighted by molar-refractivity contribution is 8.30. The van der Waals surface area contributed by atoms with Crippen LogP contribution >= 0.6 is 10.2 Å². The van der Waals surface area contributed by atoms with Crippen molar-refractivity contribution in [2.45, 2.75) is 12.8 Å². The highest BCUT2D eigenvalue weighted by Crippen LogP contribution is 2.45. The first kappa shape index (κ1) is 19.2. The lowest BCUT2D eigenvalue weighted by Crippen LogP contribution is -2.38. The molecule has 3 heteroatoms. The summed E-state index contributed by atoms with van der Waals surface area (Å²) in [6.07, 6.45) is 7.30. The van der Waals surface area contributed by atoms with E-state index in [4.69, 9.17) is 4.74 Å². The summed E-state index contributed by atoms with van der Waals surface area (Å²) in [5, 5.41) is 0. The summed E-state index contributed by atoms with van der Waals surface area (Å²) in [5.74, 6) is 1.30. The first-order valence-corrected chi connectivity index (χ1v) is 12.0. The van der Waals surface area contributed by atoms with Crippen LogP contribution in [0.1, 0.15) is 23.1 Å². The molecule has 0 radical (unpaired) electrons. The van der Waals surface area contributed by atoms with Crippen LogP contribution in [0.4, 0.5) is 0 Å². The lowest BCUT2D eigenvalue weighted by atomic mass is 9.98. The molecule has 1 saturated heterocycles. The second kappa shape index (κ2) is 8.90. The average molecular weight is 370 g/mol. The zero-order chi connectivity index (χ0) is 18.4. The molecule has 1 aliphatic heterocycles. The Balaban J connectivity index is 1.52. The molecule has 0 unspecified atom stereocenters. The van der Waals surface area contributed by atoms with E-state index < -0.39 is 10.2 Å². The summed E-state index contributed by atoms with van der Waals surface area (Å²) in [4.78, 5) is 0. The lowest BCUT2D eigenvalue weighted by molar-refractivity contribution is 0.0757. The molecule has 0 N–H and O–H groups in total. The fraction of sp³-hybridized carbons (Fsp3) is 0.391. The van der Waals surface area contributed by atoms with E-state index >= 15 is 0 Å². The molecule has 2 nitrogen and oxygen atoms in total. The molecule has 3 rings (SSSR count). The Bertz CT molecular complexity index is 703. The molecule has 140 valence electrons. The monoisotopic (exact) mass is 369 g/mol. The third kappa shape index (κ3) is 5.00. The molecule has 0 spiro atoms. The standard InChI is InChI=1S/C23H31NOS/c1-20(22-9-5-4-6-10-22)23-13-11-21(12-14-23)8-7-19-26(2,3)24-15-17-25-18-16-24/h4-6,9-14H,1,7-8,15-19H2,2-3H3. The van der Waals surface area contributed by atoms with E-state index in [1.165, 1.54) is 28.9 Å². The van der Waals surface area contributed by atoms with Crippen LogP contribution in [0, 0.1) is 0 Å². The van der Waals surface area contributed by atoms with Gasteiger partial charge < -0.3 is 4.74 Å². The molecule has 0 saturated carbocycles. The van der Waals surface area contributed by atoms with Gasteiger partial charge in [-0.1, -0.05) is 61.2 Å². The normalized spacial score (nSPS) is 16.4. The zero-order valence-electron chi connectivity index (χ0n) is 16.1. The van der Waals surface area contributed by atoms with Gasteiger partial charge >= 0.3 is 0 Å². The first-order chi connectivity index (χ1) is 12.6. The summed E-state index contributed by atoms with van der Waals surface area (Å²) in [5.41, 5.74) is 4.91. The van der Waals surface area contributed by atoms with E-state index in [9.17, 15) is 0 Å². The highest BCUT2D eigenvalue weighted by Gasteiger charge is 2.23. The second-order valence-electron chi connectivity index (χ2n) is 7.37. The smallest absolute Gasteiger partial charge is 0.0602 e. The van der Waals surface area contributed by atoms with Crippen molar-refractivity contribution in [1.82, 2.24) is 4.31 Å². The summed E-state index contributed by atoms with van der Waals surface area (Å²) < 4.78 is 8.15. The van der Waals surface area contributed by atoms with Crippen molar-refractivity contribution in [3.05, 3.63) is 77.9 Å². The largest absolute Gasteiger partial charge is 0.379 e.